The lowest BCUT2D eigenvalue weighted by molar-refractivity contribution is 0.0662. The first-order chi connectivity index (χ1) is 13.1. The van der Waals surface area contributed by atoms with E-state index in [0.29, 0.717) is 38.4 Å². The second kappa shape index (κ2) is 7.67. The molecule has 0 spiro atoms. The fraction of sp³-hybridized carbons (Fsp3) is 0.500. The van der Waals surface area contributed by atoms with Crippen LogP contribution in [0.1, 0.15) is 30.5 Å². The third kappa shape index (κ3) is 3.77. The van der Waals surface area contributed by atoms with E-state index < -0.39 is 16.1 Å². The summed E-state index contributed by atoms with van der Waals surface area (Å²) in [5.74, 6) is -0.372. The Morgan fingerprint density at radius 2 is 2.07 bits per heavy atom. The number of halogens is 1. The van der Waals surface area contributed by atoms with E-state index in [1.54, 1.807) is 23.0 Å². The van der Waals surface area contributed by atoms with Crippen LogP contribution in [0.25, 0.3) is 0 Å². The van der Waals surface area contributed by atoms with Crippen molar-refractivity contribution in [2.75, 3.05) is 32.8 Å². The van der Waals surface area contributed by atoms with E-state index >= 15 is 0 Å². The minimum absolute atomic E-state index is 0.157. The van der Waals surface area contributed by atoms with Crippen LogP contribution in [0.15, 0.2) is 41.6 Å². The van der Waals surface area contributed by atoms with Crippen molar-refractivity contribution >= 4 is 10.0 Å². The van der Waals surface area contributed by atoms with Crippen LogP contribution in [0.2, 0.25) is 0 Å². The predicted octanol–water partition coefficient (Wildman–Crippen LogP) is 1.71. The number of piperazine rings is 1. The molecule has 2 aliphatic rings. The molecule has 0 saturated carbocycles. The van der Waals surface area contributed by atoms with E-state index in [1.165, 1.54) is 22.6 Å². The molecule has 1 atom stereocenters. The average molecular weight is 394 g/mol. The first-order valence-electron chi connectivity index (χ1n) is 9.15. The van der Waals surface area contributed by atoms with Crippen LogP contribution in [0.4, 0.5) is 4.39 Å². The van der Waals surface area contributed by atoms with Gasteiger partial charge in [-0.3, -0.25) is 4.68 Å². The minimum Gasteiger partial charge on any atom is -0.381 e. The highest BCUT2D eigenvalue weighted by atomic mass is 32.2. The summed E-state index contributed by atoms with van der Waals surface area (Å²) >= 11 is 0. The van der Waals surface area contributed by atoms with Crippen molar-refractivity contribution in [2.24, 2.45) is 0 Å². The molecule has 2 fully saturated rings. The van der Waals surface area contributed by atoms with E-state index in [2.05, 4.69) is 10.4 Å². The van der Waals surface area contributed by atoms with E-state index in [9.17, 15) is 12.8 Å². The fourth-order valence-electron chi connectivity index (χ4n) is 3.71. The molecule has 9 heteroatoms. The van der Waals surface area contributed by atoms with Crippen LogP contribution in [-0.2, 0) is 14.8 Å². The normalized spacial score (nSPS) is 22.8. The lowest BCUT2D eigenvalue weighted by Crippen LogP contribution is -2.48. The van der Waals surface area contributed by atoms with Gasteiger partial charge in [0, 0.05) is 39.0 Å². The Hall–Kier alpha value is -1.81. The van der Waals surface area contributed by atoms with Crippen LogP contribution >= 0.6 is 0 Å². The Morgan fingerprint density at radius 1 is 1.26 bits per heavy atom. The summed E-state index contributed by atoms with van der Waals surface area (Å²) in [7, 11) is -3.73. The molecule has 0 aliphatic carbocycles. The van der Waals surface area contributed by atoms with E-state index in [-0.39, 0.29) is 16.8 Å². The largest absolute Gasteiger partial charge is 0.381 e. The molecule has 0 amide bonds. The Bertz CT molecular complexity index is 896. The smallest absolute Gasteiger partial charge is 0.246 e. The van der Waals surface area contributed by atoms with Gasteiger partial charge in [-0.2, -0.15) is 9.40 Å². The number of ether oxygens (including phenoxy) is 1. The van der Waals surface area contributed by atoms with Gasteiger partial charge in [-0.1, -0.05) is 12.1 Å². The number of aromatic nitrogens is 2. The van der Waals surface area contributed by atoms with Crippen molar-refractivity contribution < 1.29 is 17.5 Å². The Morgan fingerprint density at radius 3 is 2.85 bits per heavy atom. The SMILES string of the molecule is O=S(=O)(c1cnn(C2CCOCC2)c1)N1CCNCC1c1cccc(F)c1. The molecule has 1 aromatic carbocycles. The highest BCUT2D eigenvalue weighted by molar-refractivity contribution is 7.89. The number of sulfonamides is 1. The van der Waals surface area contributed by atoms with Crippen molar-refractivity contribution in [3.05, 3.63) is 48.0 Å². The molecule has 2 saturated heterocycles. The lowest BCUT2D eigenvalue weighted by atomic mass is 10.1. The Balaban J connectivity index is 1.62. The van der Waals surface area contributed by atoms with Crippen LogP contribution in [0.3, 0.4) is 0 Å². The van der Waals surface area contributed by atoms with Gasteiger partial charge in [-0.25, -0.2) is 12.8 Å². The standard InChI is InChI=1S/C18H23FN4O3S/c19-15-3-1-2-14(10-15)18-12-20-6-7-23(18)27(24,25)17-11-21-22(13-17)16-4-8-26-9-5-16/h1-3,10-11,13,16,18,20H,4-9,12H2. The minimum atomic E-state index is -3.73. The van der Waals surface area contributed by atoms with Crippen LogP contribution in [0.5, 0.6) is 0 Å². The van der Waals surface area contributed by atoms with Crippen LogP contribution in [0, 0.1) is 5.82 Å². The monoisotopic (exact) mass is 394 g/mol. The molecule has 1 N–H and O–H groups in total. The summed E-state index contributed by atoms with van der Waals surface area (Å²) in [6.07, 6.45) is 4.66. The molecule has 0 radical (unpaired) electrons. The van der Waals surface area contributed by atoms with Crippen LogP contribution < -0.4 is 5.32 Å². The van der Waals surface area contributed by atoms with Gasteiger partial charge in [-0.15, -0.1) is 0 Å². The molecule has 146 valence electrons. The molecule has 2 aliphatic heterocycles. The summed E-state index contributed by atoms with van der Waals surface area (Å²) in [4.78, 5) is 0.178. The zero-order valence-corrected chi connectivity index (χ0v) is 15.7. The lowest BCUT2D eigenvalue weighted by Gasteiger charge is -2.35. The van der Waals surface area contributed by atoms with E-state index in [1.807, 2.05) is 0 Å². The van der Waals surface area contributed by atoms with Gasteiger partial charge in [0.05, 0.1) is 18.3 Å². The summed E-state index contributed by atoms with van der Waals surface area (Å²) < 4.78 is 48.8. The summed E-state index contributed by atoms with van der Waals surface area (Å²) in [5, 5.41) is 7.49. The summed E-state index contributed by atoms with van der Waals surface area (Å²) in [6.45, 7) is 2.64. The van der Waals surface area contributed by atoms with Gasteiger partial charge in [0.1, 0.15) is 10.7 Å². The predicted molar refractivity (Wildman–Crippen MR) is 97.2 cm³/mol. The van der Waals surface area contributed by atoms with Crippen molar-refractivity contribution in [1.29, 1.82) is 0 Å². The van der Waals surface area contributed by atoms with E-state index in [4.69, 9.17) is 4.74 Å². The topological polar surface area (TPSA) is 76.5 Å². The average Bonchev–Trinajstić information content (AvgIpc) is 3.20. The number of nitrogens with one attached hydrogen (secondary N) is 1. The molecule has 7 nitrogen and oxygen atoms in total. The highest BCUT2D eigenvalue weighted by Gasteiger charge is 2.35. The molecular formula is C18H23FN4O3S. The molecule has 0 bridgehead atoms. The van der Waals surface area contributed by atoms with Crippen LogP contribution in [-0.4, -0.2) is 55.4 Å². The highest BCUT2D eigenvalue weighted by Crippen LogP contribution is 2.30. The zero-order chi connectivity index (χ0) is 18.9. The number of rotatable bonds is 4. The first kappa shape index (κ1) is 18.5. The second-order valence-electron chi connectivity index (χ2n) is 6.89. The van der Waals surface area contributed by atoms with Gasteiger partial charge in [0.15, 0.2) is 0 Å². The summed E-state index contributed by atoms with van der Waals surface area (Å²) in [6, 6.07) is 5.82. The third-order valence-electron chi connectivity index (χ3n) is 5.18. The second-order valence-corrected chi connectivity index (χ2v) is 8.78. The molecule has 1 aromatic heterocycles. The molecule has 27 heavy (non-hydrogen) atoms. The molecular weight excluding hydrogens is 371 g/mol. The zero-order valence-electron chi connectivity index (χ0n) is 14.9. The Kier molecular flexibility index (Phi) is 5.27. The number of hydrogen-bond donors (Lipinski definition) is 1. The van der Waals surface area contributed by atoms with Crippen molar-refractivity contribution in [3.63, 3.8) is 0 Å². The fourth-order valence-corrected chi connectivity index (χ4v) is 5.27. The maximum absolute atomic E-state index is 13.7. The number of hydrogen-bond acceptors (Lipinski definition) is 5. The van der Waals surface area contributed by atoms with E-state index in [0.717, 1.165) is 12.8 Å². The van der Waals surface area contributed by atoms with Gasteiger partial charge in [-0.05, 0) is 30.5 Å². The third-order valence-corrected chi connectivity index (χ3v) is 7.04. The quantitative estimate of drug-likeness (QED) is 0.854. The Labute approximate surface area is 158 Å². The molecule has 1 unspecified atom stereocenters. The maximum Gasteiger partial charge on any atom is 0.246 e. The number of benzene rings is 1. The summed E-state index contributed by atoms with van der Waals surface area (Å²) in [5.41, 5.74) is 0.641. The molecule has 3 heterocycles. The number of nitrogens with zero attached hydrogens (tertiary/aromatic N) is 3. The maximum atomic E-state index is 13.7. The molecule has 4 rings (SSSR count). The van der Waals surface area contributed by atoms with Gasteiger partial charge < -0.3 is 10.1 Å². The van der Waals surface area contributed by atoms with Crippen molar-refractivity contribution in [2.45, 2.75) is 29.8 Å². The molecule has 2 aromatic rings. The van der Waals surface area contributed by atoms with Crippen molar-refractivity contribution in [1.82, 2.24) is 19.4 Å². The van der Waals surface area contributed by atoms with Gasteiger partial charge >= 0.3 is 0 Å². The van der Waals surface area contributed by atoms with Gasteiger partial charge in [0.2, 0.25) is 10.0 Å². The van der Waals surface area contributed by atoms with Crippen molar-refractivity contribution in [3.8, 4) is 0 Å². The first-order valence-corrected chi connectivity index (χ1v) is 10.6. The van der Waals surface area contributed by atoms with Gasteiger partial charge in [0.25, 0.3) is 0 Å².